The van der Waals surface area contributed by atoms with Gasteiger partial charge in [-0.3, -0.25) is 0 Å². The number of rotatable bonds is 3. The average Bonchev–Trinajstić information content (AvgIpc) is 2.10. The van der Waals surface area contributed by atoms with Crippen molar-refractivity contribution >= 4 is 0 Å². The van der Waals surface area contributed by atoms with E-state index in [0.29, 0.717) is 18.2 Å². The lowest BCUT2D eigenvalue weighted by atomic mass is 10.3. The number of hydrogen-bond donors (Lipinski definition) is 1. The molecule has 1 atom stereocenters. The zero-order valence-electron chi connectivity index (χ0n) is 7.89. The van der Waals surface area contributed by atoms with E-state index in [2.05, 4.69) is 4.74 Å². The van der Waals surface area contributed by atoms with Crippen LogP contribution in [0.2, 0.25) is 0 Å². The van der Waals surface area contributed by atoms with Gasteiger partial charge in [0, 0.05) is 24.7 Å². The van der Waals surface area contributed by atoms with Gasteiger partial charge < -0.3 is 10.5 Å². The van der Waals surface area contributed by atoms with Crippen LogP contribution in [0.25, 0.3) is 0 Å². The van der Waals surface area contributed by atoms with E-state index in [0.717, 1.165) is 0 Å². The van der Waals surface area contributed by atoms with Gasteiger partial charge in [-0.1, -0.05) is 0 Å². The fraction of sp³-hybridized carbons (Fsp3) is 0.333. The summed E-state index contributed by atoms with van der Waals surface area (Å²) >= 11 is 0. The minimum absolute atomic E-state index is 0.526. The maximum Gasteiger partial charge on any atom is 0.426 e. The van der Waals surface area contributed by atoms with Crippen molar-refractivity contribution in [1.82, 2.24) is 0 Å². The van der Waals surface area contributed by atoms with Gasteiger partial charge in [-0.25, -0.2) is 8.78 Å². The highest BCUT2D eigenvalue weighted by atomic mass is 19.4. The van der Waals surface area contributed by atoms with E-state index in [4.69, 9.17) is 5.73 Å². The number of halogens is 5. The Balaban J connectivity index is 2.86. The molecule has 0 aliphatic heterocycles. The second kappa shape index (κ2) is 4.65. The predicted molar refractivity (Wildman–Crippen MR) is 45.9 cm³/mol. The molecule has 0 radical (unpaired) electrons. The van der Waals surface area contributed by atoms with Gasteiger partial charge in [-0.15, -0.1) is 0 Å². The number of benzene rings is 1. The summed E-state index contributed by atoms with van der Waals surface area (Å²) in [5, 5.41) is 0. The van der Waals surface area contributed by atoms with Crippen LogP contribution in [0.5, 0.6) is 5.75 Å². The minimum Gasteiger partial charge on any atom is -0.479 e. The average molecular weight is 241 g/mol. The molecule has 0 fully saturated rings. The third-order valence-corrected chi connectivity index (χ3v) is 1.69. The van der Waals surface area contributed by atoms with Crippen molar-refractivity contribution in [2.24, 2.45) is 5.73 Å². The molecule has 2 N–H and O–H groups in total. The summed E-state index contributed by atoms with van der Waals surface area (Å²) in [7, 11) is 0. The van der Waals surface area contributed by atoms with Gasteiger partial charge in [0.1, 0.15) is 17.4 Å². The van der Waals surface area contributed by atoms with E-state index >= 15 is 0 Å². The van der Waals surface area contributed by atoms with Crippen molar-refractivity contribution < 1.29 is 26.7 Å². The van der Waals surface area contributed by atoms with Crippen molar-refractivity contribution in [2.45, 2.75) is 12.3 Å². The van der Waals surface area contributed by atoms with E-state index < -0.39 is 36.2 Å². The fourth-order valence-corrected chi connectivity index (χ4v) is 1.01. The van der Waals surface area contributed by atoms with Gasteiger partial charge in [0.25, 0.3) is 0 Å². The Morgan fingerprint density at radius 2 is 1.62 bits per heavy atom. The van der Waals surface area contributed by atoms with Gasteiger partial charge in [0.05, 0.1) is 0 Å². The van der Waals surface area contributed by atoms with Crippen LogP contribution >= 0.6 is 0 Å². The van der Waals surface area contributed by atoms with Crippen LogP contribution in [0.15, 0.2) is 18.2 Å². The molecule has 1 rings (SSSR count). The Morgan fingerprint density at radius 3 is 2.00 bits per heavy atom. The van der Waals surface area contributed by atoms with Crippen molar-refractivity contribution in [3.63, 3.8) is 0 Å². The van der Waals surface area contributed by atoms with Crippen LogP contribution in [0, 0.1) is 11.6 Å². The lowest BCUT2D eigenvalue weighted by molar-refractivity contribution is -0.191. The SMILES string of the molecule is NC[C@H](Oc1cc(F)cc(F)c1)C(F)(F)F. The monoisotopic (exact) mass is 241 g/mol. The maximum atomic E-state index is 12.6. The number of hydrogen-bond acceptors (Lipinski definition) is 2. The van der Waals surface area contributed by atoms with Gasteiger partial charge in [0.2, 0.25) is 6.10 Å². The lowest BCUT2D eigenvalue weighted by Gasteiger charge is -2.20. The molecule has 0 unspecified atom stereocenters. The molecule has 0 bridgehead atoms. The maximum absolute atomic E-state index is 12.6. The normalized spacial score (nSPS) is 13.6. The fourth-order valence-electron chi connectivity index (χ4n) is 1.01. The van der Waals surface area contributed by atoms with Gasteiger partial charge >= 0.3 is 6.18 Å². The molecule has 7 heteroatoms. The highest BCUT2D eigenvalue weighted by molar-refractivity contribution is 5.24. The molecule has 1 aromatic rings. The summed E-state index contributed by atoms with van der Waals surface area (Å²) in [5.74, 6) is -2.59. The quantitative estimate of drug-likeness (QED) is 0.823. The second-order valence-electron chi connectivity index (χ2n) is 2.99. The third kappa shape index (κ3) is 3.34. The molecule has 0 saturated carbocycles. The van der Waals surface area contributed by atoms with Crippen molar-refractivity contribution in [3.8, 4) is 5.75 Å². The van der Waals surface area contributed by atoms with E-state index in [1.165, 1.54) is 0 Å². The predicted octanol–water partition coefficient (Wildman–Crippen LogP) is 2.23. The van der Waals surface area contributed by atoms with Crippen LogP contribution in [0.4, 0.5) is 22.0 Å². The number of alkyl halides is 3. The Morgan fingerprint density at radius 1 is 1.12 bits per heavy atom. The molecular formula is C9H8F5NO. The van der Waals surface area contributed by atoms with Crippen LogP contribution in [-0.4, -0.2) is 18.8 Å². The van der Waals surface area contributed by atoms with Crippen LogP contribution in [0.3, 0.4) is 0 Å². The summed E-state index contributed by atoms with van der Waals surface area (Å²) in [6.07, 6.45) is -6.97. The minimum atomic E-state index is -4.68. The zero-order valence-corrected chi connectivity index (χ0v) is 7.89. The first-order valence-corrected chi connectivity index (χ1v) is 4.22. The Bertz CT molecular complexity index is 345. The van der Waals surface area contributed by atoms with Gasteiger partial charge in [-0.2, -0.15) is 13.2 Å². The summed E-state index contributed by atoms with van der Waals surface area (Å²) in [6.45, 7) is -0.832. The van der Waals surface area contributed by atoms with E-state index in [9.17, 15) is 22.0 Å². The number of ether oxygens (including phenoxy) is 1. The Kier molecular flexibility index (Phi) is 3.69. The van der Waals surface area contributed by atoms with Crippen molar-refractivity contribution in [1.29, 1.82) is 0 Å². The molecule has 0 saturated heterocycles. The first-order chi connectivity index (χ1) is 7.32. The second-order valence-corrected chi connectivity index (χ2v) is 2.99. The topological polar surface area (TPSA) is 35.2 Å². The smallest absolute Gasteiger partial charge is 0.426 e. The van der Waals surface area contributed by atoms with E-state index in [1.54, 1.807) is 0 Å². The van der Waals surface area contributed by atoms with Crippen LogP contribution in [0.1, 0.15) is 0 Å². The number of nitrogens with two attached hydrogens (primary N) is 1. The standard InChI is InChI=1S/C9H8F5NO/c10-5-1-6(11)3-7(2-5)16-8(4-15)9(12,13)14/h1-3,8H,4,15H2/t8-/m0/s1. The van der Waals surface area contributed by atoms with Crippen LogP contribution in [-0.2, 0) is 0 Å². The first kappa shape index (κ1) is 12.7. The molecule has 0 heterocycles. The molecule has 0 spiro atoms. The lowest BCUT2D eigenvalue weighted by Crippen LogP contribution is -2.40. The molecule has 1 aromatic carbocycles. The molecule has 0 amide bonds. The summed E-state index contributed by atoms with van der Waals surface area (Å²) in [6, 6.07) is 1.83. The highest BCUT2D eigenvalue weighted by Crippen LogP contribution is 2.25. The van der Waals surface area contributed by atoms with Gasteiger partial charge in [-0.05, 0) is 0 Å². The zero-order chi connectivity index (χ0) is 12.3. The van der Waals surface area contributed by atoms with Gasteiger partial charge in [0.15, 0.2) is 0 Å². The first-order valence-electron chi connectivity index (χ1n) is 4.22. The summed E-state index contributed by atoms with van der Waals surface area (Å²) in [5.41, 5.74) is 4.85. The highest BCUT2D eigenvalue weighted by Gasteiger charge is 2.40. The molecule has 16 heavy (non-hydrogen) atoms. The van der Waals surface area contributed by atoms with Crippen molar-refractivity contribution in [2.75, 3.05) is 6.54 Å². The molecule has 90 valence electrons. The Hall–Kier alpha value is -1.37. The summed E-state index contributed by atoms with van der Waals surface area (Å²) in [4.78, 5) is 0. The van der Waals surface area contributed by atoms with E-state index in [-0.39, 0.29) is 0 Å². The summed E-state index contributed by atoms with van der Waals surface area (Å²) < 4.78 is 66.3. The van der Waals surface area contributed by atoms with Crippen molar-refractivity contribution in [3.05, 3.63) is 29.8 Å². The molecule has 0 aliphatic rings. The molecule has 0 aliphatic carbocycles. The third-order valence-electron chi connectivity index (χ3n) is 1.69. The molecule has 0 aromatic heterocycles. The largest absolute Gasteiger partial charge is 0.479 e. The van der Waals surface area contributed by atoms with E-state index in [1.807, 2.05) is 0 Å². The molecule has 2 nitrogen and oxygen atoms in total. The van der Waals surface area contributed by atoms with Crippen LogP contribution < -0.4 is 10.5 Å². The Labute approximate surface area is 87.8 Å². The molecular weight excluding hydrogens is 233 g/mol.